The summed E-state index contributed by atoms with van der Waals surface area (Å²) in [6.45, 7) is 0.637. The van der Waals surface area contributed by atoms with E-state index >= 15 is 0 Å². The van der Waals surface area contributed by atoms with Gasteiger partial charge in [-0.15, -0.1) is 0 Å². The first-order valence-electron chi connectivity index (χ1n) is 6.77. The topological polar surface area (TPSA) is 77.2 Å². The first-order chi connectivity index (χ1) is 9.81. The Morgan fingerprint density at radius 1 is 1.20 bits per heavy atom. The van der Waals surface area contributed by atoms with Gasteiger partial charge in [0.15, 0.2) is 0 Å². The minimum atomic E-state index is -0.119. The van der Waals surface area contributed by atoms with Crippen molar-refractivity contribution in [2.45, 2.75) is 25.7 Å². The van der Waals surface area contributed by atoms with Gasteiger partial charge in [-0.1, -0.05) is 6.07 Å². The molecule has 1 aromatic heterocycles. The minimum absolute atomic E-state index is 0.119. The fourth-order valence-electron chi connectivity index (χ4n) is 2.02. The zero-order chi connectivity index (χ0) is 14.2. The van der Waals surface area contributed by atoms with Crippen LogP contribution in [0.2, 0.25) is 0 Å². The van der Waals surface area contributed by atoms with Crippen molar-refractivity contribution in [3.63, 3.8) is 0 Å². The molecular formula is C15H19N3O2. The van der Waals surface area contributed by atoms with E-state index in [1.807, 2.05) is 30.3 Å². The van der Waals surface area contributed by atoms with E-state index in [0.717, 1.165) is 35.9 Å². The van der Waals surface area contributed by atoms with E-state index in [1.165, 1.54) is 0 Å². The first kappa shape index (κ1) is 14.3. The summed E-state index contributed by atoms with van der Waals surface area (Å²) in [6, 6.07) is 9.76. The van der Waals surface area contributed by atoms with Crippen LogP contribution in [0.1, 0.15) is 25.7 Å². The van der Waals surface area contributed by atoms with E-state index in [0.29, 0.717) is 13.0 Å². The normalized spacial score (nSPS) is 10.4. The van der Waals surface area contributed by atoms with Gasteiger partial charge in [-0.05, 0) is 43.5 Å². The molecule has 5 heteroatoms. The molecule has 0 unspecified atom stereocenters. The zero-order valence-electron chi connectivity index (χ0n) is 11.3. The molecule has 0 aliphatic carbocycles. The Kier molecular flexibility index (Phi) is 5.32. The number of benzene rings is 1. The molecule has 0 saturated carbocycles. The summed E-state index contributed by atoms with van der Waals surface area (Å²) in [6.07, 6.45) is 4.91. The third kappa shape index (κ3) is 3.93. The average Bonchev–Trinajstić information content (AvgIpc) is 2.50. The van der Waals surface area contributed by atoms with Gasteiger partial charge in [0.25, 0.3) is 0 Å². The number of pyridine rings is 1. The van der Waals surface area contributed by atoms with Crippen molar-refractivity contribution in [2.75, 3.05) is 6.61 Å². The second kappa shape index (κ2) is 7.45. The Morgan fingerprint density at radius 2 is 2.10 bits per heavy atom. The van der Waals surface area contributed by atoms with Crippen LogP contribution in [0.25, 0.3) is 10.9 Å². The molecule has 2 aromatic rings. The fourth-order valence-corrected chi connectivity index (χ4v) is 2.02. The summed E-state index contributed by atoms with van der Waals surface area (Å²) in [4.78, 5) is 15.2. The third-order valence-corrected chi connectivity index (χ3v) is 3.07. The van der Waals surface area contributed by atoms with Crippen molar-refractivity contribution in [3.8, 4) is 5.75 Å². The van der Waals surface area contributed by atoms with Crippen LogP contribution >= 0.6 is 0 Å². The predicted molar refractivity (Wildman–Crippen MR) is 78.0 cm³/mol. The van der Waals surface area contributed by atoms with Crippen molar-refractivity contribution in [3.05, 3.63) is 36.5 Å². The quantitative estimate of drug-likeness (QED) is 0.351. The van der Waals surface area contributed by atoms with Gasteiger partial charge in [-0.2, -0.15) is 0 Å². The molecule has 0 atom stereocenters. The maximum absolute atomic E-state index is 10.9. The Bertz CT molecular complexity index is 567. The lowest BCUT2D eigenvalue weighted by Crippen LogP contribution is -2.29. The molecule has 0 aliphatic rings. The molecule has 5 nitrogen and oxygen atoms in total. The highest BCUT2D eigenvalue weighted by atomic mass is 16.5. The van der Waals surface area contributed by atoms with Crippen LogP contribution in [0.4, 0.5) is 0 Å². The highest BCUT2D eigenvalue weighted by Crippen LogP contribution is 2.23. The first-order valence-corrected chi connectivity index (χ1v) is 6.77. The number of carbonyl (C=O) groups is 1. The Labute approximate surface area is 118 Å². The van der Waals surface area contributed by atoms with Crippen molar-refractivity contribution in [1.82, 2.24) is 10.4 Å². The number of hydrogen-bond donors (Lipinski definition) is 2. The number of aromatic nitrogens is 1. The lowest BCUT2D eigenvalue weighted by atomic mass is 10.2. The summed E-state index contributed by atoms with van der Waals surface area (Å²) >= 11 is 0. The number of carbonyl (C=O) groups excluding carboxylic acids is 1. The molecule has 1 heterocycles. The molecule has 0 saturated heterocycles. The number of rotatable bonds is 7. The predicted octanol–water partition coefficient (Wildman–Crippen LogP) is 2.16. The van der Waals surface area contributed by atoms with Crippen LogP contribution in [0.15, 0.2) is 36.5 Å². The van der Waals surface area contributed by atoms with Gasteiger partial charge >= 0.3 is 0 Å². The van der Waals surface area contributed by atoms with Gasteiger partial charge in [-0.3, -0.25) is 15.2 Å². The van der Waals surface area contributed by atoms with Crippen LogP contribution in [-0.2, 0) is 4.79 Å². The molecule has 0 aliphatic heterocycles. The number of amides is 1. The van der Waals surface area contributed by atoms with E-state index in [9.17, 15) is 4.79 Å². The third-order valence-electron chi connectivity index (χ3n) is 3.07. The highest BCUT2D eigenvalue weighted by Gasteiger charge is 2.02. The fraction of sp³-hybridized carbons (Fsp3) is 0.333. The summed E-state index contributed by atoms with van der Waals surface area (Å²) in [5.74, 6) is 5.75. The van der Waals surface area contributed by atoms with Gasteiger partial charge in [-0.25, -0.2) is 5.84 Å². The average molecular weight is 273 g/mol. The number of nitrogens with two attached hydrogens (primary N) is 1. The van der Waals surface area contributed by atoms with Crippen molar-refractivity contribution < 1.29 is 9.53 Å². The summed E-state index contributed by atoms with van der Waals surface area (Å²) in [5.41, 5.74) is 3.06. The van der Waals surface area contributed by atoms with E-state index in [4.69, 9.17) is 10.6 Å². The van der Waals surface area contributed by atoms with Crippen LogP contribution in [-0.4, -0.2) is 17.5 Å². The van der Waals surface area contributed by atoms with Gasteiger partial charge in [0.05, 0.1) is 12.1 Å². The Morgan fingerprint density at radius 3 is 2.95 bits per heavy atom. The number of nitrogens with zero attached hydrogens (tertiary/aromatic N) is 1. The molecule has 0 fully saturated rings. The molecular weight excluding hydrogens is 254 g/mol. The standard InChI is InChI=1S/C15H19N3O2/c16-18-15(19)9-2-1-3-11-20-14-8-4-7-13-12(14)6-5-10-17-13/h4-8,10H,1-3,9,11,16H2,(H,18,19). The number of hydrazine groups is 1. The SMILES string of the molecule is NNC(=O)CCCCCOc1cccc2ncccc12. The number of ether oxygens (including phenoxy) is 1. The monoisotopic (exact) mass is 273 g/mol. The van der Waals surface area contributed by atoms with Crippen LogP contribution in [0, 0.1) is 0 Å². The lowest BCUT2D eigenvalue weighted by Gasteiger charge is -2.08. The Hall–Kier alpha value is -2.14. The largest absolute Gasteiger partial charge is 0.493 e. The molecule has 0 spiro atoms. The lowest BCUT2D eigenvalue weighted by molar-refractivity contribution is -0.121. The Balaban J connectivity index is 1.77. The molecule has 106 valence electrons. The summed E-state index contributed by atoms with van der Waals surface area (Å²) in [5, 5.41) is 1.03. The molecule has 0 bridgehead atoms. The summed E-state index contributed by atoms with van der Waals surface area (Å²) < 4.78 is 5.79. The molecule has 1 aromatic carbocycles. The number of unbranched alkanes of at least 4 members (excludes halogenated alkanes) is 2. The maximum atomic E-state index is 10.9. The van der Waals surface area contributed by atoms with Crippen molar-refractivity contribution >= 4 is 16.8 Å². The molecule has 2 rings (SSSR count). The van der Waals surface area contributed by atoms with Crippen molar-refractivity contribution in [1.29, 1.82) is 0 Å². The van der Waals surface area contributed by atoms with Crippen LogP contribution in [0.3, 0.4) is 0 Å². The number of nitrogens with one attached hydrogen (secondary N) is 1. The van der Waals surface area contributed by atoms with Gasteiger partial charge in [0.1, 0.15) is 5.75 Å². The minimum Gasteiger partial charge on any atom is -0.493 e. The van der Waals surface area contributed by atoms with Crippen molar-refractivity contribution in [2.24, 2.45) is 5.84 Å². The smallest absolute Gasteiger partial charge is 0.233 e. The van der Waals surface area contributed by atoms with Gasteiger partial charge in [0, 0.05) is 18.0 Å². The molecule has 0 radical (unpaired) electrons. The molecule has 20 heavy (non-hydrogen) atoms. The van der Waals surface area contributed by atoms with Crippen LogP contribution < -0.4 is 16.0 Å². The number of fused-ring (bicyclic) bond motifs is 1. The van der Waals surface area contributed by atoms with Gasteiger partial charge in [0.2, 0.25) is 5.91 Å². The van der Waals surface area contributed by atoms with E-state index < -0.39 is 0 Å². The maximum Gasteiger partial charge on any atom is 0.233 e. The summed E-state index contributed by atoms with van der Waals surface area (Å²) in [7, 11) is 0. The van der Waals surface area contributed by atoms with Crippen LogP contribution in [0.5, 0.6) is 5.75 Å². The van der Waals surface area contributed by atoms with E-state index in [-0.39, 0.29) is 5.91 Å². The van der Waals surface area contributed by atoms with E-state index in [1.54, 1.807) is 6.20 Å². The highest BCUT2D eigenvalue weighted by molar-refractivity contribution is 5.84. The zero-order valence-corrected chi connectivity index (χ0v) is 11.3. The second-order valence-corrected chi connectivity index (χ2v) is 4.55. The second-order valence-electron chi connectivity index (χ2n) is 4.55. The molecule has 3 N–H and O–H groups in total. The molecule has 1 amide bonds. The van der Waals surface area contributed by atoms with E-state index in [2.05, 4.69) is 10.4 Å². The number of hydrogen-bond acceptors (Lipinski definition) is 4. The van der Waals surface area contributed by atoms with Gasteiger partial charge < -0.3 is 4.74 Å².